The number of nitrogens with zero attached hydrogens (tertiary/aromatic N) is 4. The van der Waals surface area contributed by atoms with Gasteiger partial charge in [0.2, 0.25) is 12.4 Å². The van der Waals surface area contributed by atoms with E-state index in [2.05, 4.69) is 60.3 Å². The molecule has 1 aliphatic rings. The van der Waals surface area contributed by atoms with Crippen molar-refractivity contribution in [3.05, 3.63) is 46.8 Å². The van der Waals surface area contributed by atoms with Crippen LogP contribution in [-0.4, -0.2) is 31.7 Å². The van der Waals surface area contributed by atoms with Gasteiger partial charge in [0.1, 0.15) is 18.7 Å². The molecule has 4 rings (SSSR count). The van der Waals surface area contributed by atoms with Crippen molar-refractivity contribution < 1.29 is 9.57 Å². The minimum Gasteiger partial charge on any atom is -0.366 e. The minimum absolute atomic E-state index is 0.452. The Labute approximate surface area is 186 Å². The lowest BCUT2D eigenvalue weighted by Crippen LogP contribution is -2.40. The average molecular weight is 558 g/mol. The van der Waals surface area contributed by atoms with E-state index < -0.39 is 0 Å². The maximum absolute atomic E-state index is 5.24. The molecule has 3 aromatic rings. The molecule has 3 heterocycles. The second-order valence-corrected chi connectivity index (χ2v) is 9.37. The van der Waals surface area contributed by atoms with E-state index in [4.69, 9.17) is 9.82 Å². The lowest BCUT2D eigenvalue weighted by Gasteiger charge is -2.28. The number of hydrogen-bond donors (Lipinski definition) is 2. The molecule has 1 saturated carbocycles. The molecule has 2 N–H and O–H groups in total. The van der Waals surface area contributed by atoms with Gasteiger partial charge in [-0.05, 0) is 34.8 Å². The Bertz CT molecular complexity index is 965. The van der Waals surface area contributed by atoms with Crippen LogP contribution in [0.2, 0.25) is 0 Å². The van der Waals surface area contributed by atoms with Crippen molar-refractivity contribution in [1.82, 2.24) is 14.6 Å². The summed E-state index contributed by atoms with van der Waals surface area (Å²) in [5.74, 6) is 1.77. The van der Waals surface area contributed by atoms with E-state index in [-0.39, 0.29) is 0 Å². The second kappa shape index (κ2) is 8.81. The first-order valence-corrected chi connectivity index (χ1v) is 11.4. The average Bonchev–Trinajstić information content (AvgIpc) is 3.09. The van der Waals surface area contributed by atoms with Gasteiger partial charge in [-0.25, -0.2) is 4.98 Å². The Morgan fingerprint density at radius 2 is 2.25 bits per heavy atom. The zero-order chi connectivity index (χ0) is 19.5. The van der Waals surface area contributed by atoms with E-state index in [0.717, 1.165) is 27.3 Å². The number of nitrogens with one attached hydrogen (secondary N) is 2. The first-order valence-electron chi connectivity index (χ1n) is 9.37. The van der Waals surface area contributed by atoms with Crippen LogP contribution in [-0.2, 0) is 6.54 Å². The van der Waals surface area contributed by atoms with Gasteiger partial charge in [-0.1, -0.05) is 35.4 Å². The van der Waals surface area contributed by atoms with Crippen LogP contribution in [0.15, 0.2) is 41.3 Å². The number of pyridine rings is 1. The van der Waals surface area contributed by atoms with Gasteiger partial charge in [-0.2, -0.15) is 9.61 Å². The Hall–Kier alpha value is -1.62. The normalized spacial score (nSPS) is 19.5. The summed E-state index contributed by atoms with van der Waals surface area (Å²) in [5, 5.41) is 11.6. The van der Waals surface area contributed by atoms with E-state index in [1.165, 1.54) is 25.7 Å². The monoisotopic (exact) mass is 557 g/mol. The molecular formula is C19H23BrIN6O+. The van der Waals surface area contributed by atoms with Crippen LogP contribution in [0.5, 0.6) is 0 Å². The Morgan fingerprint density at radius 3 is 3.07 bits per heavy atom. The molecule has 0 saturated heterocycles. The number of rotatable bonds is 6. The van der Waals surface area contributed by atoms with Crippen molar-refractivity contribution in [2.75, 3.05) is 17.7 Å². The molecular weight excluding hydrogens is 535 g/mol. The van der Waals surface area contributed by atoms with Crippen LogP contribution in [0, 0.1) is 0 Å². The molecule has 0 radical (unpaired) electrons. The highest BCUT2D eigenvalue weighted by atomic mass is 127. The summed E-state index contributed by atoms with van der Waals surface area (Å²) >= 11 is 6.13. The van der Waals surface area contributed by atoms with Gasteiger partial charge in [0.15, 0.2) is 5.65 Å². The third-order valence-electron chi connectivity index (χ3n) is 4.96. The van der Waals surface area contributed by atoms with Gasteiger partial charge < -0.3 is 10.6 Å². The van der Waals surface area contributed by atoms with Crippen LogP contribution in [0.25, 0.3) is 5.65 Å². The summed E-state index contributed by atoms with van der Waals surface area (Å²) in [6, 6.07) is 6.51. The van der Waals surface area contributed by atoms with Crippen molar-refractivity contribution in [2.45, 2.75) is 42.2 Å². The van der Waals surface area contributed by atoms with Gasteiger partial charge in [-0.15, -0.1) is 0 Å². The van der Waals surface area contributed by atoms with Crippen LogP contribution >= 0.6 is 38.5 Å². The molecule has 0 unspecified atom stereocenters. The summed E-state index contributed by atoms with van der Waals surface area (Å²) < 4.78 is 5.01. The SMILES string of the molecule is CO[n+]1cccc(CNc2cc(N[C@H]3CCCC[C@H]3I)nc3c(Br)cnn23)c1. The van der Waals surface area contributed by atoms with Crippen molar-refractivity contribution in [2.24, 2.45) is 0 Å². The fourth-order valence-electron chi connectivity index (χ4n) is 3.49. The van der Waals surface area contributed by atoms with Crippen LogP contribution in [0.1, 0.15) is 31.2 Å². The highest BCUT2D eigenvalue weighted by Crippen LogP contribution is 2.29. The van der Waals surface area contributed by atoms with Gasteiger partial charge in [0.05, 0.1) is 10.7 Å². The topological polar surface area (TPSA) is 67.4 Å². The van der Waals surface area contributed by atoms with Crippen LogP contribution in [0.3, 0.4) is 0 Å². The summed E-state index contributed by atoms with van der Waals surface area (Å²) in [4.78, 5) is 10.0. The molecule has 148 valence electrons. The molecule has 2 atom stereocenters. The molecule has 0 aliphatic heterocycles. The van der Waals surface area contributed by atoms with Gasteiger partial charge in [0.25, 0.3) is 0 Å². The minimum atomic E-state index is 0.452. The molecule has 7 nitrogen and oxygen atoms in total. The summed E-state index contributed by atoms with van der Waals surface area (Å²) in [6.07, 6.45) is 10.6. The predicted octanol–water partition coefficient (Wildman–Crippen LogP) is 3.61. The fraction of sp³-hybridized carbons (Fsp3) is 0.421. The van der Waals surface area contributed by atoms with Crippen molar-refractivity contribution in [1.29, 1.82) is 0 Å². The highest BCUT2D eigenvalue weighted by molar-refractivity contribution is 14.1. The number of halogens is 2. The number of alkyl halides is 1. The third-order valence-corrected chi connectivity index (χ3v) is 7.01. The summed E-state index contributed by atoms with van der Waals surface area (Å²) in [6.45, 7) is 0.651. The zero-order valence-corrected chi connectivity index (χ0v) is 19.4. The second-order valence-electron chi connectivity index (χ2n) is 6.91. The Morgan fingerprint density at radius 1 is 1.39 bits per heavy atom. The smallest absolute Gasteiger partial charge is 0.227 e. The number of aromatic nitrogens is 4. The van der Waals surface area contributed by atoms with Crippen LogP contribution in [0.4, 0.5) is 11.6 Å². The van der Waals surface area contributed by atoms with E-state index in [1.54, 1.807) is 18.0 Å². The van der Waals surface area contributed by atoms with Crippen molar-refractivity contribution in [3.63, 3.8) is 0 Å². The molecule has 0 spiro atoms. The molecule has 1 fully saturated rings. The lowest BCUT2D eigenvalue weighted by atomic mass is 9.95. The molecule has 0 aromatic carbocycles. The van der Waals surface area contributed by atoms with E-state index in [0.29, 0.717) is 16.5 Å². The molecule has 28 heavy (non-hydrogen) atoms. The van der Waals surface area contributed by atoms with Gasteiger partial charge in [0, 0.05) is 38.9 Å². The molecule has 0 amide bonds. The standard InChI is InChI=1S/C19H23BrIN6O/c1-28-26-8-4-5-13(12-26)10-22-18-9-17(24-16-7-3-2-6-15(16)21)25-19-14(20)11-23-27(18)19/h4-5,8-9,11-12,15-16,22H,2-3,6-7,10H2,1H3,(H,24,25)/q+1/t15-,16+/m1/s1. The van der Waals surface area contributed by atoms with Crippen LogP contribution < -0.4 is 20.2 Å². The molecule has 9 heteroatoms. The van der Waals surface area contributed by atoms with Crippen molar-refractivity contribution >= 4 is 55.8 Å². The Balaban J connectivity index is 1.59. The van der Waals surface area contributed by atoms with E-state index >= 15 is 0 Å². The lowest BCUT2D eigenvalue weighted by molar-refractivity contribution is -0.885. The molecule has 3 aromatic heterocycles. The predicted molar refractivity (Wildman–Crippen MR) is 121 cm³/mol. The van der Waals surface area contributed by atoms with E-state index in [1.807, 2.05) is 29.0 Å². The fourth-order valence-corrected chi connectivity index (χ4v) is 4.81. The molecule has 1 aliphatic carbocycles. The highest BCUT2D eigenvalue weighted by Gasteiger charge is 2.23. The third kappa shape index (κ3) is 4.35. The van der Waals surface area contributed by atoms with Gasteiger partial charge >= 0.3 is 0 Å². The molecule has 0 bridgehead atoms. The van der Waals surface area contributed by atoms with Gasteiger partial charge in [-0.3, -0.25) is 4.84 Å². The first kappa shape index (κ1) is 19.7. The first-order chi connectivity index (χ1) is 13.6. The quantitative estimate of drug-likeness (QED) is 0.275. The largest absolute Gasteiger partial charge is 0.366 e. The number of hydrogen-bond acceptors (Lipinski definition) is 5. The summed E-state index contributed by atoms with van der Waals surface area (Å²) in [5.41, 5.74) is 1.91. The maximum Gasteiger partial charge on any atom is 0.227 e. The number of anilines is 2. The zero-order valence-electron chi connectivity index (χ0n) is 15.6. The Kier molecular flexibility index (Phi) is 6.19. The van der Waals surface area contributed by atoms with E-state index in [9.17, 15) is 0 Å². The summed E-state index contributed by atoms with van der Waals surface area (Å²) in [7, 11) is 1.65. The number of fused-ring (bicyclic) bond motifs is 1. The maximum atomic E-state index is 5.24. The van der Waals surface area contributed by atoms with Crippen molar-refractivity contribution in [3.8, 4) is 0 Å².